The molecule has 3 aromatic rings. The Kier molecular flexibility index (Phi) is 6.07. The third kappa shape index (κ3) is 3.89. The van der Waals surface area contributed by atoms with Gasteiger partial charge in [0.15, 0.2) is 11.5 Å². The second kappa shape index (κ2) is 8.68. The molecule has 1 N–H and O–H groups in total. The minimum atomic E-state index is -0.264. The molecule has 0 bridgehead atoms. The van der Waals surface area contributed by atoms with Gasteiger partial charge < -0.3 is 18.8 Å². The van der Waals surface area contributed by atoms with Gasteiger partial charge >= 0.3 is 0 Å². The lowest BCUT2D eigenvalue weighted by Crippen LogP contribution is -2.18. The van der Waals surface area contributed by atoms with Gasteiger partial charge in [0, 0.05) is 41.7 Å². The van der Waals surface area contributed by atoms with Crippen molar-refractivity contribution in [1.29, 1.82) is 0 Å². The monoisotopic (exact) mass is 395 g/mol. The fourth-order valence-electron chi connectivity index (χ4n) is 3.33. The van der Waals surface area contributed by atoms with Crippen LogP contribution in [0.2, 0.25) is 0 Å². The summed E-state index contributed by atoms with van der Waals surface area (Å²) in [7, 11) is 4.67. The van der Waals surface area contributed by atoms with Gasteiger partial charge in [-0.2, -0.15) is 5.10 Å². The van der Waals surface area contributed by atoms with Crippen LogP contribution in [0.4, 0.5) is 0 Å². The standard InChI is InChI=1S/C22H25N3O4/c1-6-25-12-11-15-13-16(7-9-18(15)25)20(24-23-14(2)26)17-8-10-19(27-3)22(29-5)21(17)28-4/h7-13H,6H2,1-5H3,(H,23,26)/b24-20-. The maximum atomic E-state index is 11.5. The number of carbonyl (C=O) groups excluding carboxylic acids is 1. The van der Waals surface area contributed by atoms with Crippen molar-refractivity contribution in [1.82, 2.24) is 9.99 Å². The first-order chi connectivity index (χ1) is 14.0. The Morgan fingerprint density at radius 1 is 1.03 bits per heavy atom. The van der Waals surface area contributed by atoms with Crippen molar-refractivity contribution in [2.45, 2.75) is 20.4 Å². The van der Waals surface area contributed by atoms with Crippen molar-refractivity contribution in [2.75, 3.05) is 21.3 Å². The van der Waals surface area contributed by atoms with Gasteiger partial charge in [-0.25, -0.2) is 5.43 Å². The smallest absolute Gasteiger partial charge is 0.236 e. The molecule has 0 fully saturated rings. The van der Waals surface area contributed by atoms with E-state index in [0.29, 0.717) is 28.5 Å². The van der Waals surface area contributed by atoms with Crippen molar-refractivity contribution in [3.8, 4) is 17.2 Å². The Balaban J connectivity index is 2.21. The van der Waals surface area contributed by atoms with Crippen molar-refractivity contribution < 1.29 is 19.0 Å². The molecule has 1 heterocycles. The van der Waals surface area contributed by atoms with Crippen LogP contribution in [0, 0.1) is 0 Å². The summed E-state index contributed by atoms with van der Waals surface area (Å²) in [5.41, 5.74) is 5.75. The van der Waals surface area contributed by atoms with E-state index in [1.54, 1.807) is 27.4 Å². The summed E-state index contributed by atoms with van der Waals surface area (Å²) in [5.74, 6) is 1.21. The molecule has 7 nitrogen and oxygen atoms in total. The van der Waals surface area contributed by atoms with Gasteiger partial charge in [0.05, 0.1) is 21.3 Å². The second-order valence-electron chi connectivity index (χ2n) is 6.39. The normalized spacial score (nSPS) is 11.4. The number of aromatic nitrogens is 1. The number of hydrogen-bond acceptors (Lipinski definition) is 5. The second-order valence-corrected chi connectivity index (χ2v) is 6.39. The van der Waals surface area contributed by atoms with E-state index in [1.807, 2.05) is 24.3 Å². The van der Waals surface area contributed by atoms with Gasteiger partial charge in [-0.1, -0.05) is 6.07 Å². The maximum absolute atomic E-state index is 11.5. The molecule has 0 saturated heterocycles. The van der Waals surface area contributed by atoms with Crippen LogP contribution in [0.15, 0.2) is 47.7 Å². The van der Waals surface area contributed by atoms with Gasteiger partial charge in [0.25, 0.3) is 0 Å². The first-order valence-corrected chi connectivity index (χ1v) is 9.26. The highest BCUT2D eigenvalue weighted by Crippen LogP contribution is 2.40. The number of ether oxygens (including phenoxy) is 3. The van der Waals surface area contributed by atoms with Gasteiger partial charge in [0.1, 0.15) is 5.71 Å². The number of hydrazone groups is 1. The summed E-state index contributed by atoms with van der Waals surface area (Å²) < 4.78 is 18.7. The first kappa shape index (κ1) is 20.3. The molecule has 0 radical (unpaired) electrons. The average molecular weight is 395 g/mol. The van der Waals surface area contributed by atoms with E-state index in [2.05, 4.69) is 34.3 Å². The molecule has 0 spiro atoms. The Labute approximate surface area is 169 Å². The highest BCUT2D eigenvalue weighted by Gasteiger charge is 2.21. The SMILES string of the molecule is CCn1ccc2cc(/C(=N/NC(C)=O)c3ccc(OC)c(OC)c3OC)ccc21. The van der Waals surface area contributed by atoms with E-state index in [1.165, 1.54) is 6.92 Å². The molecule has 0 aliphatic carbocycles. The van der Waals surface area contributed by atoms with Crippen LogP contribution in [0.25, 0.3) is 10.9 Å². The summed E-state index contributed by atoms with van der Waals surface area (Å²) in [4.78, 5) is 11.5. The fraction of sp³-hybridized carbons (Fsp3) is 0.273. The van der Waals surface area contributed by atoms with Crippen molar-refractivity contribution in [2.24, 2.45) is 5.10 Å². The van der Waals surface area contributed by atoms with Crippen molar-refractivity contribution in [3.05, 3.63) is 53.7 Å². The number of methoxy groups -OCH3 is 3. The summed E-state index contributed by atoms with van der Waals surface area (Å²) in [6, 6.07) is 11.7. The number of amides is 1. The topological polar surface area (TPSA) is 74.1 Å². The molecule has 1 aromatic heterocycles. The minimum absolute atomic E-state index is 0.264. The zero-order valence-electron chi connectivity index (χ0n) is 17.3. The molecule has 29 heavy (non-hydrogen) atoms. The molecule has 152 valence electrons. The zero-order chi connectivity index (χ0) is 21.0. The van der Waals surface area contributed by atoms with E-state index in [-0.39, 0.29) is 5.91 Å². The highest BCUT2D eigenvalue weighted by molar-refractivity contribution is 6.16. The number of hydrogen-bond donors (Lipinski definition) is 1. The highest BCUT2D eigenvalue weighted by atomic mass is 16.5. The largest absolute Gasteiger partial charge is 0.493 e. The van der Waals surface area contributed by atoms with Crippen LogP contribution >= 0.6 is 0 Å². The number of benzene rings is 2. The molecule has 1 amide bonds. The van der Waals surface area contributed by atoms with E-state index in [0.717, 1.165) is 23.0 Å². The van der Waals surface area contributed by atoms with E-state index >= 15 is 0 Å². The Morgan fingerprint density at radius 3 is 2.41 bits per heavy atom. The molecule has 0 unspecified atom stereocenters. The number of carbonyl (C=O) groups is 1. The summed E-state index contributed by atoms with van der Waals surface area (Å²) >= 11 is 0. The molecule has 7 heteroatoms. The Morgan fingerprint density at radius 2 is 1.79 bits per heavy atom. The lowest BCUT2D eigenvalue weighted by Gasteiger charge is -2.17. The molecular formula is C22H25N3O4. The third-order valence-electron chi connectivity index (χ3n) is 4.67. The van der Waals surface area contributed by atoms with Crippen LogP contribution in [-0.4, -0.2) is 37.5 Å². The molecule has 0 aliphatic heterocycles. The predicted molar refractivity (Wildman–Crippen MR) is 113 cm³/mol. The summed E-state index contributed by atoms with van der Waals surface area (Å²) in [6.07, 6.45) is 2.05. The lowest BCUT2D eigenvalue weighted by molar-refractivity contribution is -0.118. The fourth-order valence-corrected chi connectivity index (χ4v) is 3.33. The Hall–Kier alpha value is -3.48. The van der Waals surface area contributed by atoms with Crippen LogP contribution in [0.3, 0.4) is 0 Å². The molecule has 0 aliphatic rings. The molecule has 3 rings (SSSR count). The van der Waals surface area contributed by atoms with Crippen LogP contribution < -0.4 is 19.6 Å². The van der Waals surface area contributed by atoms with E-state index in [4.69, 9.17) is 14.2 Å². The van der Waals surface area contributed by atoms with Crippen LogP contribution in [0.5, 0.6) is 17.2 Å². The summed E-state index contributed by atoms with van der Waals surface area (Å²) in [6.45, 7) is 4.40. The first-order valence-electron chi connectivity index (χ1n) is 9.26. The maximum Gasteiger partial charge on any atom is 0.236 e. The molecule has 2 aromatic carbocycles. The number of aryl methyl sites for hydroxylation is 1. The molecule has 0 atom stereocenters. The number of nitrogens with one attached hydrogen (secondary N) is 1. The van der Waals surface area contributed by atoms with Gasteiger partial charge in [-0.15, -0.1) is 0 Å². The van der Waals surface area contributed by atoms with E-state index < -0.39 is 0 Å². The van der Waals surface area contributed by atoms with Crippen molar-refractivity contribution >= 4 is 22.5 Å². The van der Waals surface area contributed by atoms with E-state index in [9.17, 15) is 4.79 Å². The quantitative estimate of drug-likeness (QED) is 0.490. The predicted octanol–water partition coefficient (Wildman–Crippen LogP) is 3.58. The average Bonchev–Trinajstić information content (AvgIpc) is 3.15. The van der Waals surface area contributed by atoms with Gasteiger partial charge in [0.2, 0.25) is 11.7 Å². The molecule has 0 saturated carbocycles. The van der Waals surface area contributed by atoms with Gasteiger partial charge in [-0.3, -0.25) is 4.79 Å². The van der Waals surface area contributed by atoms with Crippen molar-refractivity contribution in [3.63, 3.8) is 0 Å². The third-order valence-corrected chi connectivity index (χ3v) is 4.67. The number of fused-ring (bicyclic) bond motifs is 1. The lowest BCUT2D eigenvalue weighted by atomic mass is 9.99. The van der Waals surface area contributed by atoms with Crippen LogP contribution in [-0.2, 0) is 11.3 Å². The number of nitrogens with zero attached hydrogens (tertiary/aromatic N) is 2. The molecular weight excluding hydrogens is 370 g/mol. The zero-order valence-corrected chi connectivity index (χ0v) is 17.3. The summed E-state index contributed by atoms with van der Waals surface area (Å²) in [5, 5.41) is 5.45. The minimum Gasteiger partial charge on any atom is -0.493 e. The number of rotatable bonds is 7. The van der Waals surface area contributed by atoms with Gasteiger partial charge in [-0.05, 0) is 37.3 Å². The van der Waals surface area contributed by atoms with Crippen LogP contribution in [0.1, 0.15) is 25.0 Å². The Bertz CT molecular complexity index is 1070.